The molecule has 0 fully saturated rings. The zero-order valence-electron chi connectivity index (χ0n) is 12.7. The minimum Gasteiger partial charge on any atom is -0.312 e. The van der Waals surface area contributed by atoms with Crippen LogP contribution in [0.2, 0.25) is 0 Å². The van der Waals surface area contributed by atoms with Crippen LogP contribution in [0.5, 0.6) is 0 Å². The van der Waals surface area contributed by atoms with Gasteiger partial charge in [-0.15, -0.1) is 0 Å². The Morgan fingerprint density at radius 2 is 2.05 bits per heavy atom. The van der Waals surface area contributed by atoms with Gasteiger partial charge in [-0.3, -0.25) is 0 Å². The van der Waals surface area contributed by atoms with Gasteiger partial charge in [-0.1, -0.05) is 26.0 Å². The average molecular weight is 285 g/mol. The van der Waals surface area contributed by atoms with Gasteiger partial charge >= 0.3 is 0 Å². The van der Waals surface area contributed by atoms with Crippen molar-refractivity contribution in [2.75, 3.05) is 6.54 Å². The fourth-order valence-corrected chi connectivity index (χ4v) is 2.71. The van der Waals surface area contributed by atoms with Crippen LogP contribution in [0.4, 0.5) is 4.39 Å². The van der Waals surface area contributed by atoms with Gasteiger partial charge < -0.3 is 5.32 Å². The van der Waals surface area contributed by atoms with Crippen molar-refractivity contribution in [2.45, 2.75) is 39.7 Å². The second-order valence-electron chi connectivity index (χ2n) is 5.90. The molecule has 0 atom stereocenters. The van der Waals surface area contributed by atoms with Crippen LogP contribution in [0.25, 0.3) is 11.4 Å². The largest absolute Gasteiger partial charge is 0.312 e. The van der Waals surface area contributed by atoms with Gasteiger partial charge in [0, 0.05) is 30.6 Å². The molecule has 2 aromatic rings. The number of aryl methyl sites for hydroxylation is 1. The molecular formula is C17H20FN3. The maximum Gasteiger partial charge on any atom is 0.159 e. The minimum atomic E-state index is -0.207. The topological polar surface area (TPSA) is 37.8 Å². The first-order valence-corrected chi connectivity index (χ1v) is 7.43. The molecule has 4 heteroatoms. The molecule has 0 amide bonds. The van der Waals surface area contributed by atoms with Gasteiger partial charge in [-0.2, -0.15) is 0 Å². The molecule has 1 aromatic carbocycles. The molecule has 110 valence electrons. The van der Waals surface area contributed by atoms with E-state index in [4.69, 9.17) is 4.98 Å². The van der Waals surface area contributed by atoms with E-state index in [0.717, 1.165) is 36.5 Å². The Morgan fingerprint density at radius 3 is 2.76 bits per heavy atom. The molecule has 1 aliphatic rings. The van der Waals surface area contributed by atoms with E-state index in [9.17, 15) is 4.39 Å². The van der Waals surface area contributed by atoms with Crippen molar-refractivity contribution < 1.29 is 4.39 Å². The van der Waals surface area contributed by atoms with Gasteiger partial charge in [0.15, 0.2) is 5.82 Å². The van der Waals surface area contributed by atoms with Crippen LogP contribution in [-0.2, 0) is 13.0 Å². The van der Waals surface area contributed by atoms with Crippen LogP contribution >= 0.6 is 0 Å². The van der Waals surface area contributed by atoms with E-state index >= 15 is 0 Å². The number of aromatic nitrogens is 2. The molecule has 1 aliphatic heterocycles. The molecule has 0 unspecified atom stereocenters. The third-order valence-corrected chi connectivity index (χ3v) is 3.94. The van der Waals surface area contributed by atoms with Crippen molar-refractivity contribution in [3.8, 4) is 11.4 Å². The maximum atomic E-state index is 13.8. The summed E-state index contributed by atoms with van der Waals surface area (Å²) in [5.74, 6) is 0.760. The molecule has 0 saturated heterocycles. The third-order valence-electron chi connectivity index (χ3n) is 3.94. The molecule has 1 aromatic heterocycles. The second kappa shape index (κ2) is 5.53. The summed E-state index contributed by atoms with van der Waals surface area (Å²) in [5.41, 5.74) is 4.78. The van der Waals surface area contributed by atoms with E-state index in [1.807, 2.05) is 6.07 Å². The number of rotatable bonds is 2. The SMILES string of the molecule is Cc1ccc(-c2nc3c(c(C(C)C)n2)CNCC3)cc1F. The molecule has 0 aliphatic carbocycles. The van der Waals surface area contributed by atoms with E-state index in [0.29, 0.717) is 17.3 Å². The van der Waals surface area contributed by atoms with Crippen LogP contribution in [0, 0.1) is 12.7 Å². The van der Waals surface area contributed by atoms with Crippen LogP contribution in [0.3, 0.4) is 0 Å². The van der Waals surface area contributed by atoms with Crippen molar-refractivity contribution in [3.63, 3.8) is 0 Å². The second-order valence-corrected chi connectivity index (χ2v) is 5.90. The highest BCUT2D eigenvalue weighted by molar-refractivity contribution is 5.57. The fourth-order valence-electron chi connectivity index (χ4n) is 2.71. The van der Waals surface area contributed by atoms with E-state index in [1.165, 1.54) is 11.6 Å². The lowest BCUT2D eigenvalue weighted by molar-refractivity contribution is 0.608. The standard InChI is InChI=1S/C17H20FN3/c1-10(2)16-13-9-19-7-6-15(13)20-17(21-16)12-5-4-11(3)14(18)8-12/h4-5,8,10,19H,6-7,9H2,1-3H3. The summed E-state index contributed by atoms with van der Waals surface area (Å²) < 4.78 is 13.8. The zero-order chi connectivity index (χ0) is 15.0. The number of nitrogens with zero attached hydrogens (tertiary/aromatic N) is 2. The van der Waals surface area contributed by atoms with E-state index in [2.05, 4.69) is 24.1 Å². The average Bonchev–Trinajstić information content (AvgIpc) is 2.48. The predicted octanol–water partition coefficient (Wildman–Crippen LogP) is 3.36. The number of nitrogens with one attached hydrogen (secondary N) is 1. The number of halogens is 1. The first-order valence-electron chi connectivity index (χ1n) is 7.43. The molecule has 0 saturated carbocycles. The maximum absolute atomic E-state index is 13.8. The molecule has 0 bridgehead atoms. The number of hydrogen-bond donors (Lipinski definition) is 1. The number of benzene rings is 1. The fraction of sp³-hybridized carbons (Fsp3) is 0.412. The lowest BCUT2D eigenvalue weighted by Crippen LogP contribution is -2.27. The molecule has 0 radical (unpaired) electrons. The molecule has 2 heterocycles. The van der Waals surface area contributed by atoms with E-state index in [-0.39, 0.29) is 5.82 Å². The summed E-state index contributed by atoms with van der Waals surface area (Å²) >= 11 is 0. The monoisotopic (exact) mass is 285 g/mol. The van der Waals surface area contributed by atoms with E-state index < -0.39 is 0 Å². The number of fused-ring (bicyclic) bond motifs is 1. The van der Waals surface area contributed by atoms with Gasteiger partial charge in [-0.05, 0) is 24.5 Å². The molecule has 3 rings (SSSR count). The molecular weight excluding hydrogens is 265 g/mol. The van der Waals surface area contributed by atoms with Crippen LogP contribution < -0.4 is 5.32 Å². The Morgan fingerprint density at radius 1 is 1.24 bits per heavy atom. The quantitative estimate of drug-likeness (QED) is 0.919. The first-order chi connectivity index (χ1) is 10.1. The van der Waals surface area contributed by atoms with Crippen molar-refractivity contribution in [3.05, 3.63) is 46.5 Å². The van der Waals surface area contributed by atoms with Gasteiger partial charge in [0.2, 0.25) is 0 Å². The summed E-state index contributed by atoms with van der Waals surface area (Å²) in [4.78, 5) is 9.39. The summed E-state index contributed by atoms with van der Waals surface area (Å²) in [5, 5.41) is 3.37. The molecule has 3 nitrogen and oxygen atoms in total. The van der Waals surface area contributed by atoms with E-state index in [1.54, 1.807) is 13.0 Å². The summed E-state index contributed by atoms with van der Waals surface area (Å²) in [6.45, 7) is 7.79. The smallest absolute Gasteiger partial charge is 0.159 e. The Bertz CT molecular complexity index is 680. The van der Waals surface area contributed by atoms with Crippen molar-refractivity contribution in [1.82, 2.24) is 15.3 Å². The summed E-state index contributed by atoms with van der Waals surface area (Å²) in [7, 11) is 0. The Kier molecular flexibility index (Phi) is 3.72. The van der Waals surface area contributed by atoms with Gasteiger partial charge in [0.25, 0.3) is 0 Å². The highest BCUT2D eigenvalue weighted by atomic mass is 19.1. The highest BCUT2D eigenvalue weighted by Crippen LogP contribution is 2.26. The van der Waals surface area contributed by atoms with Crippen molar-refractivity contribution in [2.24, 2.45) is 0 Å². The summed E-state index contributed by atoms with van der Waals surface area (Å²) in [6.07, 6.45) is 0.902. The van der Waals surface area contributed by atoms with Crippen LogP contribution in [0.1, 0.15) is 42.3 Å². The third kappa shape index (κ3) is 2.68. The van der Waals surface area contributed by atoms with Gasteiger partial charge in [0.1, 0.15) is 5.82 Å². The highest BCUT2D eigenvalue weighted by Gasteiger charge is 2.20. The van der Waals surface area contributed by atoms with Gasteiger partial charge in [0.05, 0.1) is 11.4 Å². The Labute approximate surface area is 124 Å². The van der Waals surface area contributed by atoms with Crippen molar-refractivity contribution >= 4 is 0 Å². The zero-order valence-corrected chi connectivity index (χ0v) is 12.7. The molecule has 1 N–H and O–H groups in total. The minimum absolute atomic E-state index is 0.207. The summed E-state index contributed by atoms with van der Waals surface area (Å²) in [6, 6.07) is 5.21. The first kappa shape index (κ1) is 14.1. The Balaban J connectivity index is 2.14. The van der Waals surface area contributed by atoms with Crippen molar-refractivity contribution in [1.29, 1.82) is 0 Å². The lowest BCUT2D eigenvalue weighted by atomic mass is 9.98. The van der Waals surface area contributed by atoms with Crippen LogP contribution in [-0.4, -0.2) is 16.5 Å². The lowest BCUT2D eigenvalue weighted by Gasteiger charge is -2.21. The Hall–Kier alpha value is -1.81. The van der Waals surface area contributed by atoms with Crippen LogP contribution in [0.15, 0.2) is 18.2 Å². The molecule has 21 heavy (non-hydrogen) atoms. The predicted molar refractivity (Wildman–Crippen MR) is 81.7 cm³/mol. The molecule has 0 spiro atoms. The normalized spacial score (nSPS) is 14.3. The number of hydrogen-bond acceptors (Lipinski definition) is 3. The van der Waals surface area contributed by atoms with Gasteiger partial charge in [-0.25, -0.2) is 14.4 Å².